The first-order valence-corrected chi connectivity index (χ1v) is 6.02. The molecule has 1 nitrogen and oxygen atoms in total. The van der Waals surface area contributed by atoms with Crippen molar-refractivity contribution in [2.75, 3.05) is 0 Å². The summed E-state index contributed by atoms with van der Waals surface area (Å²) in [6.45, 7) is 0. The summed E-state index contributed by atoms with van der Waals surface area (Å²) in [5, 5.41) is 8.83. The predicted octanol–water partition coefficient (Wildman–Crippen LogP) is 4.00. The van der Waals surface area contributed by atoms with Crippen molar-refractivity contribution in [3.05, 3.63) is 54.1 Å². The molecular weight excluding hydrogens is 300 g/mol. The fraction of sp³-hybridized carbons (Fsp3) is 0. The van der Waals surface area contributed by atoms with Crippen molar-refractivity contribution in [2.45, 2.75) is 14.7 Å². The van der Waals surface area contributed by atoms with Crippen LogP contribution in [0, 0.1) is 11.3 Å². The van der Waals surface area contributed by atoms with Gasteiger partial charge in [0.25, 0.3) is 0 Å². The average molecular weight is 309 g/mol. The minimum absolute atomic E-state index is 0. The summed E-state index contributed by atoms with van der Waals surface area (Å²) in [4.78, 5) is 3.05. The first kappa shape index (κ1) is 14.3. The Morgan fingerprint density at radius 3 is 2.41 bits per heavy atom. The van der Waals surface area contributed by atoms with Gasteiger partial charge in [0.2, 0.25) is 0 Å². The second-order valence-electron chi connectivity index (χ2n) is 3.21. The Morgan fingerprint density at radius 1 is 1.06 bits per heavy atom. The zero-order valence-corrected chi connectivity index (χ0v) is 13.8. The minimum atomic E-state index is 0. The molecule has 0 N–H and O–H groups in total. The number of hydrogen-bond acceptors (Lipinski definition) is 3. The van der Waals surface area contributed by atoms with Crippen LogP contribution in [0.5, 0.6) is 0 Å². The quantitative estimate of drug-likeness (QED) is 0.670. The topological polar surface area (TPSA) is 23.8 Å². The Bertz CT molecular complexity index is 535. The van der Waals surface area contributed by atoms with Gasteiger partial charge in [0.15, 0.2) is 0 Å². The molecule has 17 heavy (non-hydrogen) atoms. The van der Waals surface area contributed by atoms with Crippen molar-refractivity contribution < 1.29 is 19.5 Å². The molecule has 0 radical (unpaired) electrons. The normalized spacial score (nSPS) is 9.18. The Labute approximate surface area is 123 Å². The molecule has 0 aromatic heterocycles. The van der Waals surface area contributed by atoms with E-state index in [1.807, 2.05) is 42.5 Å². The Balaban J connectivity index is 0.00000144. The van der Waals surface area contributed by atoms with Gasteiger partial charge in [-0.1, -0.05) is 30.0 Å². The van der Waals surface area contributed by atoms with E-state index in [-0.39, 0.29) is 19.5 Å². The largest absolute Gasteiger partial charge is 0.192 e. The number of benzene rings is 2. The molecule has 0 heterocycles. The van der Waals surface area contributed by atoms with E-state index in [1.165, 1.54) is 0 Å². The van der Waals surface area contributed by atoms with Gasteiger partial charge < -0.3 is 0 Å². The summed E-state index contributed by atoms with van der Waals surface area (Å²) in [5.74, 6) is 0. The van der Waals surface area contributed by atoms with Crippen LogP contribution >= 0.6 is 24.4 Å². The summed E-state index contributed by atoms with van der Waals surface area (Å²) in [7, 11) is 0. The van der Waals surface area contributed by atoms with Gasteiger partial charge in [0, 0.05) is 34.2 Å². The average Bonchev–Trinajstić information content (AvgIpc) is 2.33. The van der Waals surface area contributed by atoms with Gasteiger partial charge in [-0.2, -0.15) is 5.26 Å². The number of nitriles is 1. The number of rotatable bonds is 2. The molecule has 2 aromatic carbocycles. The maximum absolute atomic E-state index is 8.83. The Morgan fingerprint density at radius 2 is 1.76 bits per heavy atom. The van der Waals surface area contributed by atoms with E-state index in [1.54, 1.807) is 17.8 Å². The van der Waals surface area contributed by atoms with Crippen molar-refractivity contribution in [3.63, 3.8) is 0 Å². The molecule has 2 rings (SSSR count). The van der Waals surface area contributed by atoms with E-state index < -0.39 is 0 Å². The first-order chi connectivity index (χ1) is 7.79. The predicted molar refractivity (Wildman–Crippen MR) is 69.0 cm³/mol. The number of nitrogens with zero attached hydrogens (tertiary/aromatic N) is 1. The molecule has 0 spiro atoms. The van der Waals surface area contributed by atoms with Gasteiger partial charge in [0.1, 0.15) is 0 Å². The molecule has 0 unspecified atom stereocenters. The van der Waals surface area contributed by atoms with E-state index in [4.69, 9.17) is 5.26 Å². The third-order valence-electron chi connectivity index (χ3n) is 2.06. The van der Waals surface area contributed by atoms with Gasteiger partial charge >= 0.3 is 0 Å². The first-order valence-electron chi connectivity index (χ1n) is 4.75. The van der Waals surface area contributed by atoms with E-state index in [0.29, 0.717) is 5.56 Å². The summed E-state index contributed by atoms with van der Waals surface area (Å²) in [6.07, 6.45) is 0. The Hall–Kier alpha value is -0.747. The zero-order chi connectivity index (χ0) is 11.4. The molecule has 0 aliphatic rings. The fourth-order valence-corrected chi connectivity index (χ4v) is 2.46. The van der Waals surface area contributed by atoms with Gasteiger partial charge in [-0.25, -0.2) is 0 Å². The van der Waals surface area contributed by atoms with Crippen LogP contribution in [-0.2, 0) is 19.5 Å². The van der Waals surface area contributed by atoms with E-state index in [9.17, 15) is 0 Å². The molecule has 0 amide bonds. The van der Waals surface area contributed by atoms with Crippen LogP contribution in [-0.4, -0.2) is 0 Å². The maximum Gasteiger partial charge on any atom is 0.0992 e. The maximum atomic E-state index is 8.83. The summed E-state index contributed by atoms with van der Waals surface area (Å²) in [5.41, 5.74) is 0.663. The smallest absolute Gasteiger partial charge is 0.0992 e. The monoisotopic (exact) mass is 307 g/mol. The van der Waals surface area contributed by atoms with Crippen LogP contribution in [0.4, 0.5) is 0 Å². The molecule has 80 valence electrons. The van der Waals surface area contributed by atoms with Crippen LogP contribution in [0.2, 0.25) is 0 Å². The second kappa shape index (κ2) is 6.86. The van der Waals surface area contributed by atoms with Crippen LogP contribution in [0.15, 0.2) is 63.2 Å². The van der Waals surface area contributed by atoms with Crippen LogP contribution < -0.4 is 0 Å². The summed E-state index contributed by atoms with van der Waals surface area (Å²) < 4.78 is 0. The molecular formula is C13H9NS2Zn. The molecule has 0 aliphatic heterocycles. The van der Waals surface area contributed by atoms with E-state index in [0.717, 1.165) is 14.7 Å². The SMILES string of the molecule is N#Cc1ccc(S)c(Sc2ccccc2)c1.[Zn]. The summed E-state index contributed by atoms with van der Waals surface area (Å²) in [6, 6.07) is 17.7. The molecule has 0 atom stereocenters. The standard InChI is InChI=1S/C13H9NS2.Zn/c14-9-10-6-7-12(15)13(8-10)16-11-4-2-1-3-5-11;/h1-8,15H;. The number of thiol groups is 1. The van der Waals surface area contributed by atoms with Gasteiger partial charge in [-0.15, -0.1) is 12.6 Å². The Kier molecular flexibility index (Phi) is 5.78. The third kappa shape index (κ3) is 3.89. The molecule has 0 saturated carbocycles. The van der Waals surface area contributed by atoms with Crippen LogP contribution in [0.1, 0.15) is 5.56 Å². The molecule has 2 aromatic rings. The van der Waals surface area contributed by atoms with Crippen LogP contribution in [0.25, 0.3) is 0 Å². The van der Waals surface area contributed by atoms with Gasteiger partial charge in [0.05, 0.1) is 11.6 Å². The second-order valence-corrected chi connectivity index (χ2v) is 4.81. The van der Waals surface area contributed by atoms with Crippen molar-refractivity contribution in [3.8, 4) is 6.07 Å². The number of hydrogen-bond donors (Lipinski definition) is 1. The molecule has 0 bridgehead atoms. The summed E-state index contributed by atoms with van der Waals surface area (Å²) >= 11 is 6.00. The molecule has 0 fully saturated rings. The molecule has 4 heteroatoms. The zero-order valence-electron chi connectivity index (χ0n) is 9.13. The molecule has 0 aliphatic carbocycles. The molecule has 0 saturated heterocycles. The van der Waals surface area contributed by atoms with Gasteiger partial charge in [-0.05, 0) is 30.3 Å². The van der Waals surface area contributed by atoms with Crippen molar-refractivity contribution in [2.24, 2.45) is 0 Å². The van der Waals surface area contributed by atoms with E-state index in [2.05, 4.69) is 18.7 Å². The van der Waals surface area contributed by atoms with Crippen molar-refractivity contribution >= 4 is 24.4 Å². The van der Waals surface area contributed by atoms with Crippen molar-refractivity contribution in [1.82, 2.24) is 0 Å². The van der Waals surface area contributed by atoms with Gasteiger partial charge in [-0.3, -0.25) is 0 Å². The van der Waals surface area contributed by atoms with Crippen LogP contribution in [0.3, 0.4) is 0 Å². The fourth-order valence-electron chi connectivity index (χ4n) is 1.28. The third-order valence-corrected chi connectivity index (χ3v) is 3.67. The van der Waals surface area contributed by atoms with Crippen molar-refractivity contribution in [1.29, 1.82) is 5.26 Å². The van der Waals surface area contributed by atoms with E-state index >= 15 is 0 Å². The minimum Gasteiger partial charge on any atom is -0.192 e.